The number of benzene rings is 1. The quantitative estimate of drug-likeness (QED) is 0.855. The molecule has 2 rings (SSSR count). The van der Waals surface area contributed by atoms with Gasteiger partial charge in [0.05, 0.1) is 12.1 Å². The molecule has 2 amide bonds. The van der Waals surface area contributed by atoms with Gasteiger partial charge in [-0.3, -0.25) is 9.59 Å². The van der Waals surface area contributed by atoms with E-state index in [4.69, 9.17) is 0 Å². The highest BCUT2D eigenvalue weighted by Gasteiger charge is 2.40. The normalized spacial score (nSPS) is 16.3. The molecule has 0 spiro atoms. The largest absolute Gasteiger partial charge is 0.416 e. The van der Waals surface area contributed by atoms with E-state index in [1.54, 1.807) is 20.8 Å². The Hall–Kier alpha value is -2.25. The molecule has 1 aliphatic rings. The van der Waals surface area contributed by atoms with Gasteiger partial charge in [-0.05, 0) is 44.5 Å². The summed E-state index contributed by atoms with van der Waals surface area (Å²) in [6.45, 7) is 9.36. The predicted molar refractivity (Wildman–Crippen MR) is 94.8 cm³/mol. The fraction of sp³-hybridized carbons (Fsp3) is 0.556. The molecule has 2 N–H and O–H groups in total. The second-order valence-corrected chi connectivity index (χ2v) is 6.30. The monoisotopic (exact) mass is 373 g/mol. The molecule has 1 heterocycles. The Kier molecular flexibility index (Phi) is 7.06. The first-order valence-corrected chi connectivity index (χ1v) is 8.53. The van der Waals surface area contributed by atoms with Crippen LogP contribution in [0.25, 0.3) is 0 Å². The van der Waals surface area contributed by atoms with Gasteiger partial charge in [-0.15, -0.1) is 0 Å². The molecule has 1 saturated heterocycles. The number of hydrogen-bond donors (Lipinski definition) is 2. The Labute approximate surface area is 151 Å². The smallest absolute Gasteiger partial charge is 0.376 e. The van der Waals surface area contributed by atoms with Gasteiger partial charge in [-0.2, -0.15) is 13.2 Å². The zero-order valence-electron chi connectivity index (χ0n) is 15.8. The number of halogens is 3. The third kappa shape index (κ3) is 5.12. The van der Waals surface area contributed by atoms with Crippen LogP contribution >= 0.6 is 0 Å². The molecule has 146 valence electrons. The van der Waals surface area contributed by atoms with E-state index in [2.05, 4.69) is 10.6 Å². The lowest BCUT2D eigenvalue weighted by molar-refractivity contribution is -0.147. The fourth-order valence-corrected chi connectivity index (χ4v) is 2.66. The topological polar surface area (TPSA) is 61.4 Å². The third-order valence-electron chi connectivity index (χ3n) is 4.00. The Morgan fingerprint density at radius 3 is 2.46 bits per heavy atom. The molecular weight excluding hydrogens is 347 g/mol. The van der Waals surface area contributed by atoms with Gasteiger partial charge in [0, 0.05) is 18.8 Å². The third-order valence-corrected chi connectivity index (χ3v) is 4.00. The van der Waals surface area contributed by atoms with Crippen molar-refractivity contribution in [1.29, 1.82) is 0 Å². The van der Waals surface area contributed by atoms with Crippen molar-refractivity contribution in [3.05, 3.63) is 29.3 Å². The minimum Gasteiger partial charge on any atom is -0.376 e. The van der Waals surface area contributed by atoms with Gasteiger partial charge in [-0.25, -0.2) is 0 Å². The van der Waals surface area contributed by atoms with E-state index in [-0.39, 0.29) is 24.0 Å². The molecule has 26 heavy (non-hydrogen) atoms. The molecule has 1 fully saturated rings. The van der Waals surface area contributed by atoms with Crippen molar-refractivity contribution in [2.75, 3.05) is 25.0 Å². The number of carbonyl (C=O) groups is 2. The second kappa shape index (κ2) is 8.42. The van der Waals surface area contributed by atoms with E-state index in [0.29, 0.717) is 18.7 Å². The molecule has 8 heteroatoms. The molecule has 0 unspecified atom stereocenters. The molecule has 1 aromatic carbocycles. The van der Waals surface area contributed by atoms with Crippen molar-refractivity contribution in [2.45, 2.75) is 46.3 Å². The van der Waals surface area contributed by atoms with Crippen LogP contribution in [0.15, 0.2) is 18.2 Å². The molecule has 0 atom stereocenters. The first-order valence-electron chi connectivity index (χ1n) is 8.53. The van der Waals surface area contributed by atoms with Gasteiger partial charge in [0.15, 0.2) is 0 Å². The molecule has 1 aliphatic heterocycles. The summed E-state index contributed by atoms with van der Waals surface area (Å²) < 4.78 is 38.5. The summed E-state index contributed by atoms with van der Waals surface area (Å²) in [6.07, 6.45) is -4.45. The Morgan fingerprint density at radius 2 is 1.88 bits per heavy atom. The van der Waals surface area contributed by atoms with Crippen molar-refractivity contribution < 1.29 is 22.8 Å². The van der Waals surface area contributed by atoms with Crippen molar-refractivity contribution >= 4 is 17.5 Å². The van der Waals surface area contributed by atoms with Crippen molar-refractivity contribution in [3.63, 3.8) is 0 Å². The number of anilines is 1. The van der Waals surface area contributed by atoms with Gasteiger partial charge < -0.3 is 15.5 Å². The number of piperazine rings is 1. The van der Waals surface area contributed by atoms with Gasteiger partial charge >= 0.3 is 6.18 Å². The number of aryl methyl sites for hydroxylation is 1. The number of carbonyl (C=O) groups excluding carboxylic acids is 2. The van der Waals surface area contributed by atoms with E-state index in [1.165, 1.54) is 11.0 Å². The molecule has 1 aromatic rings. The standard InChI is InChI=1S/C16H20F3N3O2.C2H6/c1-10-6-11(16(17,18)19)8-12(7-10)21-9-13(23)22-5-4-20-14(24)15(22,2)3;1-2/h6-8,21H,4-5,9H2,1-3H3,(H,20,24);1-2H3. The van der Waals surface area contributed by atoms with E-state index in [1.807, 2.05) is 13.8 Å². The Morgan fingerprint density at radius 1 is 1.27 bits per heavy atom. The summed E-state index contributed by atoms with van der Waals surface area (Å²) in [7, 11) is 0. The maximum atomic E-state index is 12.8. The number of nitrogens with one attached hydrogen (secondary N) is 2. The number of hydrogen-bond acceptors (Lipinski definition) is 3. The first-order chi connectivity index (χ1) is 12.0. The lowest BCUT2D eigenvalue weighted by Gasteiger charge is -2.41. The van der Waals surface area contributed by atoms with Crippen LogP contribution in [-0.4, -0.2) is 41.9 Å². The van der Waals surface area contributed by atoms with E-state index >= 15 is 0 Å². The lowest BCUT2D eigenvalue weighted by Crippen LogP contribution is -2.64. The highest BCUT2D eigenvalue weighted by Crippen LogP contribution is 2.31. The molecule has 5 nitrogen and oxygen atoms in total. The summed E-state index contributed by atoms with van der Waals surface area (Å²) in [6, 6.07) is 3.55. The van der Waals surface area contributed by atoms with Gasteiger partial charge in [-0.1, -0.05) is 13.8 Å². The minimum absolute atomic E-state index is 0.183. The molecule has 0 saturated carbocycles. The van der Waals surface area contributed by atoms with Gasteiger partial charge in [0.2, 0.25) is 11.8 Å². The number of nitrogens with zero attached hydrogens (tertiary/aromatic N) is 1. The number of rotatable bonds is 3. The zero-order valence-corrected chi connectivity index (χ0v) is 15.8. The van der Waals surface area contributed by atoms with Crippen molar-refractivity contribution in [2.24, 2.45) is 0 Å². The lowest BCUT2D eigenvalue weighted by atomic mass is 9.99. The fourth-order valence-electron chi connectivity index (χ4n) is 2.66. The summed E-state index contributed by atoms with van der Waals surface area (Å²) in [5.74, 6) is -0.595. The van der Waals surface area contributed by atoms with E-state index in [0.717, 1.165) is 12.1 Å². The van der Waals surface area contributed by atoms with Crippen LogP contribution in [0.3, 0.4) is 0 Å². The molecule has 0 aliphatic carbocycles. The van der Waals surface area contributed by atoms with E-state index < -0.39 is 17.3 Å². The van der Waals surface area contributed by atoms with Crippen LogP contribution in [0.2, 0.25) is 0 Å². The van der Waals surface area contributed by atoms with Crippen LogP contribution in [0.4, 0.5) is 18.9 Å². The Bertz CT molecular complexity index is 658. The summed E-state index contributed by atoms with van der Waals surface area (Å²) >= 11 is 0. The number of alkyl halides is 3. The van der Waals surface area contributed by atoms with Crippen molar-refractivity contribution in [3.8, 4) is 0 Å². The van der Waals surface area contributed by atoms with Crippen LogP contribution in [0, 0.1) is 6.92 Å². The summed E-state index contributed by atoms with van der Waals surface area (Å²) in [4.78, 5) is 25.6. The summed E-state index contributed by atoms with van der Waals surface area (Å²) in [5.41, 5.74) is -1.09. The molecule has 0 bridgehead atoms. The Balaban J connectivity index is 0.00000163. The SMILES string of the molecule is CC.Cc1cc(NCC(=O)N2CCNC(=O)C2(C)C)cc(C(F)(F)F)c1. The van der Waals surface area contributed by atoms with E-state index in [9.17, 15) is 22.8 Å². The van der Waals surface area contributed by atoms with Crippen LogP contribution in [-0.2, 0) is 15.8 Å². The molecule has 0 aromatic heterocycles. The van der Waals surface area contributed by atoms with Crippen LogP contribution in [0.5, 0.6) is 0 Å². The average molecular weight is 373 g/mol. The highest BCUT2D eigenvalue weighted by molar-refractivity contribution is 5.93. The first kappa shape index (κ1) is 21.8. The van der Waals surface area contributed by atoms with Crippen LogP contribution in [0.1, 0.15) is 38.8 Å². The summed E-state index contributed by atoms with van der Waals surface area (Å²) in [5, 5.41) is 5.41. The van der Waals surface area contributed by atoms with Gasteiger partial charge in [0.25, 0.3) is 0 Å². The number of amides is 2. The predicted octanol–water partition coefficient (Wildman–Crippen LogP) is 3.19. The molecule has 0 radical (unpaired) electrons. The van der Waals surface area contributed by atoms with Crippen LogP contribution < -0.4 is 10.6 Å². The maximum absolute atomic E-state index is 12.8. The van der Waals surface area contributed by atoms with Gasteiger partial charge in [0.1, 0.15) is 5.54 Å². The molecular formula is C18H26F3N3O2. The minimum atomic E-state index is -4.45. The zero-order chi connectivity index (χ0) is 20.1. The van der Waals surface area contributed by atoms with Crippen molar-refractivity contribution in [1.82, 2.24) is 10.2 Å². The highest BCUT2D eigenvalue weighted by atomic mass is 19.4. The maximum Gasteiger partial charge on any atom is 0.416 e. The second-order valence-electron chi connectivity index (χ2n) is 6.30. The average Bonchev–Trinajstić information content (AvgIpc) is 2.55.